The number of aryl methyl sites for hydroxylation is 1. The van der Waals surface area contributed by atoms with Crippen LogP contribution < -0.4 is 0 Å². The van der Waals surface area contributed by atoms with Crippen LogP contribution in [-0.2, 0) is 13.0 Å². The van der Waals surface area contributed by atoms with Crippen molar-refractivity contribution in [3.05, 3.63) is 47.1 Å². The van der Waals surface area contributed by atoms with E-state index in [0.717, 1.165) is 22.7 Å². The summed E-state index contributed by atoms with van der Waals surface area (Å²) in [5.41, 5.74) is 2.39. The number of pyridine rings is 1. The van der Waals surface area contributed by atoms with Gasteiger partial charge in [0.2, 0.25) is 0 Å². The molecule has 0 unspecified atom stereocenters. The minimum Gasteiger partial charge on any atom is -0.307 e. The molecule has 0 aromatic carbocycles. The Labute approximate surface area is 125 Å². The third-order valence-electron chi connectivity index (χ3n) is 2.90. The van der Waals surface area contributed by atoms with E-state index in [4.69, 9.17) is 23.2 Å². The third kappa shape index (κ3) is 2.59. The van der Waals surface area contributed by atoms with Crippen LogP contribution in [0, 0.1) is 0 Å². The highest BCUT2D eigenvalue weighted by molar-refractivity contribution is 6.31. The van der Waals surface area contributed by atoms with Gasteiger partial charge in [0.05, 0.1) is 17.3 Å². The van der Waals surface area contributed by atoms with Gasteiger partial charge in [-0.25, -0.2) is 9.97 Å². The molecule has 3 aromatic rings. The van der Waals surface area contributed by atoms with Gasteiger partial charge in [-0.1, -0.05) is 11.6 Å². The van der Waals surface area contributed by atoms with Gasteiger partial charge in [-0.05, 0) is 18.2 Å². The molecule has 7 heteroatoms. The predicted molar refractivity (Wildman–Crippen MR) is 78.1 cm³/mol. The summed E-state index contributed by atoms with van der Waals surface area (Å²) in [5.74, 6) is 1.37. The van der Waals surface area contributed by atoms with Crippen LogP contribution in [0.2, 0.25) is 5.02 Å². The van der Waals surface area contributed by atoms with Crippen LogP contribution in [0.3, 0.4) is 0 Å². The Morgan fingerprint density at radius 3 is 2.95 bits per heavy atom. The first-order chi connectivity index (χ1) is 9.78. The van der Waals surface area contributed by atoms with E-state index in [1.807, 2.05) is 16.7 Å². The third-order valence-corrected chi connectivity index (χ3v) is 3.29. The molecule has 0 aliphatic carbocycles. The van der Waals surface area contributed by atoms with Crippen molar-refractivity contribution < 1.29 is 0 Å². The van der Waals surface area contributed by atoms with Gasteiger partial charge in [0.1, 0.15) is 11.3 Å². The number of imidazole rings is 1. The molecule has 0 bridgehead atoms. The number of aromatic nitrogens is 5. The Hall–Kier alpha value is -1.72. The van der Waals surface area contributed by atoms with E-state index in [9.17, 15) is 0 Å². The van der Waals surface area contributed by atoms with Crippen LogP contribution in [0.5, 0.6) is 0 Å². The molecule has 102 valence electrons. The molecule has 0 saturated heterocycles. The summed E-state index contributed by atoms with van der Waals surface area (Å²) in [6, 6.07) is 5.57. The number of hydrogen-bond donors (Lipinski definition) is 0. The van der Waals surface area contributed by atoms with Crippen molar-refractivity contribution in [3.63, 3.8) is 0 Å². The summed E-state index contributed by atoms with van der Waals surface area (Å²) in [7, 11) is 0. The number of hydrogen-bond acceptors (Lipinski definition) is 4. The first-order valence-electron chi connectivity index (χ1n) is 6.11. The van der Waals surface area contributed by atoms with Crippen molar-refractivity contribution in [3.8, 4) is 0 Å². The largest absolute Gasteiger partial charge is 0.307 e. The lowest BCUT2D eigenvalue weighted by Gasteiger charge is -2.06. The van der Waals surface area contributed by atoms with Gasteiger partial charge in [0, 0.05) is 24.7 Å². The average molecular weight is 308 g/mol. The van der Waals surface area contributed by atoms with Crippen LogP contribution in [0.1, 0.15) is 11.5 Å². The van der Waals surface area contributed by atoms with E-state index in [-0.39, 0.29) is 0 Å². The predicted octanol–water partition coefficient (Wildman–Crippen LogP) is 2.70. The lowest BCUT2D eigenvalue weighted by molar-refractivity contribution is 0.718. The number of rotatable bonds is 4. The molecule has 5 nitrogen and oxygen atoms in total. The van der Waals surface area contributed by atoms with E-state index in [1.165, 1.54) is 0 Å². The SMILES string of the molecule is ClCCc1nc2cc(Cl)cnc2n1Cc1cccnn1. The topological polar surface area (TPSA) is 56.5 Å². The zero-order chi connectivity index (χ0) is 13.9. The number of halogens is 2. The fourth-order valence-electron chi connectivity index (χ4n) is 2.05. The number of alkyl halides is 1. The second-order valence-corrected chi connectivity index (χ2v) is 5.08. The van der Waals surface area contributed by atoms with Gasteiger partial charge in [0.25, 0.3) is 0 Å². The van der Waals surface area contributed by atoms with Crippen LogP contribution in [-0.4, -0.2) is 30.6 Å². The van der Waals surface area contributed by atoms with E-state index in [2.05, 4.69) is 20.2 Å². The lowest BCUT2D eigenvalue weighted by Crippen LogP contribution is -2.08. The summed E-state index contributed by atoms with van der Waals surface area (Å²) in [4.78, 5) is 8.90. The normalized spacial score (nSPS) is 11.1. The Morgan fingerprint density at radius 1 is 1.30 bits per heavy atom. The van der Waals surface area contributed by atoms with Crippen molar-refractivity contribution in [2.45, 2.75) is 13.0 Å². The maximum absolute atomic E-state index is 5.96. The maximum atomic E-state index is 5.96. The average Bonchev–Trinajstić information content (AvgIpc) is 2.77. The zero-order valence-corrected chi connectivity index (χ0v) is 12.0. The van der Waals surface area contributed by atoms with Gasteiger partial charge in [-0.3, -0.25) is 0 Å². The molecule has 0 atom stereocenters. The molecule has 3 rings (SSSR count). The summed E-state index contributed by atoms with van der Waals surface area (Å²) < 4.78 is 2.00. The highest BCUT2D eigenvalue weighted by Gasteiger charge is 2.13. The highest BCUT2D eigenvalue weighted by Crippen LogP contribution is 2.19. The molecule has 0 N–H and O–H groups in total. The van der Waals surface area contributed by atoms with Crippen molar-refractivity contribution in [2.24, 2.45) is 0 Å². The van der Waals surface area contributed by atoms with Crippen LogP contribution >= 0.6 is 23.2 Å². The molecule has 0 amide bonds. The summed E-state index contributed by atoms with van der Waals surface area (Å²) in [6.45, 7) is 0.561. The van der Waals surface area contributed by atoms with Crippen LogP contribution in [0.25, 0.3) is 11.2 Å². The molecule has 0 radical (unpaired) electrons. The maximum Gasteiger partial charge on any atom is 0.160 e. The molecule has 0 aliphatic heterocycles. The van der Waals surface area contributed by atoms with Crippen molar-refractivity contribution in [1.82, 2.24) is 24.7 Å². The van der Waals surface area contributed by atoms with E-state index in [1.54, 1.807) is 18.5 Å². The molecule has 20 heavy (non-hydrogen) atoms. The van der Waals surface area contributed by atoms with Crippen LogP contribution in [0.4, 0.5) is 0 Å². The molecule has 0 aliphatic rings. The standard InChI is InChI=1S/C13H11Cl2N5/c14-4-3-12-18-11-6-9(15)7-16-13(11)20(12)8-10-2-1-5-17-19-10/h1-2,5-7H,3-4,8H2. The fraction of sp³-hybridized carbons (Fsp3) is 0.231. The highest BCUT2D eigenvalue weighted by atomic mass is 35.5. The van der Waals surface area contributed by atoms with Crippen molar-refractivity contribution in [1.29, 1.82) is 0 Å². The zero-order valence-electron chi connectivity index (χ0n) is 10.5. The monoisotopic (exact) mass is 307 g/mol. The first-order valence-corrected chi connectivity index (χ1v) is 7.02. The molecular weight excluding hydrogens is 297 g/mol. The Kier molecular flexibility index (Phi) is 3.80. The second kappa shape index (κ2) is 5.73. The smallest absolute Gasteiger partial charge is 0.160 e. The van der Waals surface area contributed by atoms with Gasteiger partial charge in [-0.15, -0.1) is 11.6 Å². The van der Waals surface area contributed by atoms with Gasteiger partial charge in [0.15, 0.2) is 5.65 Å². The minimum absolute atomic E-state index is 0.498. The van der Waals surface area contributed by atoms with E-state index in [0.29, 0.717) is 23.9 Å². The summed E-state index contributed by atoms with van der Waals surface area (Å²) >= 11 is 11.8. The molecule has 0 saturated carbocycles. The second-order valence-electron chi connectivity index (χ2n) is 4.26. The Morgan fingerprint density at radius 2 is 2.20 bits per heavy atom. The van der Waals surface area contributed by atoms with Gasteiger partial charge in [-0.2, -0.15) is 10.2 Å². The molecular formula is C13H11Cl2N5. The Bertz CT molecular complexity index is 726. The minimum atomic E-state index is 0.498. The Balaban J connectivity index is 2.09. The van der Waals surface area contributed by atoms with Crippen molar-refractivity contribution >= 4 is 34.4 Å². The summed E-state index contributed by atoms with van der Waals surface area (Å²) in [5, 5.41) is 8.55. The summed E-state index contributed by atoms with van der Waals surface area (Å²) in [6.07, 6.45) is 3.92. The van der Waals surface area contributed by atoms with Gasteiger partial charge < -0.3 is 4.57 Å². The van der Waals surface area contributed by atoms with Crippen LogP contribution in [0.15, 0.2) is 30.6 Å². The lowest BCUT2D eigenvalue weighted by atomic mass is 10.3. The molecule has 0 fully saturated rings. The fourth-order valence-corrected chi connectivity index (χ4v) is 2.38. The van der Waals surface area contributed by atoms with Crippen molar-refractivity contribution in [2.75, 3.05) is 5.88 Å². The number of fused-ring (bicyclic) bond motifs is 1. The first kappa shape index (κ1) is 13.3. The molecule has 3 aromatic heterocycles. The number of nitrogens with zero attached hydrogens (tertiary/aromatic N) is 5. The van der Waals surface area contributed by atoms with Gasteiger partial charge >= 0.3 is 0 Å². The molecule has 0 spiro atoms. The van der Waals surface area contributed by atoms with E-state index < -0.39 is 0 Å². The quantitative estimate of drug-likeness (QED) is 0.695. The molecule has 3 heterocycles. The van der Waals surface area contributed by atoms with E-state index >= 15 is 0 Å².